The fourth-order valence-electron chi connectivity index (χ4n) is 3.52. The highest BCUT2D eigenvalue weighted by atomic mass is 32.1. The first kappa shape index (κ1) is 16.9. The lowest BCUT2D eigenvalue weighted by atomic mass is 9.82. The Morgan fingerprint density at radius 3 is 2.24 bits per heavy atom. The van der Waals surface area contributed by atoms with Crippen LogP contribution in [0, 0.1) is 11.3 Å². The summed E-state index contributed by atoms with van der Waals surface area (Å²) in [7, 11) is 0. The van der Waals surface area contributed by atoms with Crippen molar-refractivity contribution in [3.63, 3.8) is 0 Å². The summed E-state index contributed by atoms with van der Waals surface area (Å²) in [6, 6.07) is 11.0. The summed E-state index contributed by atoms with van der Waals surface area (Å²) in [6.07, 6.45) is 6.46. The molecular weight excluding hydrogens is 274 g/mol. The molecule has 118 valence electrons. The number of piperidine rings is 1. The molecular formula is C19H31NS. The van der Waals surface area contributed by atoms with Gasteiger partial charge >= 0.3 is 0 Å². The Hall–Kier alpha value is -0.470. The lowest BCUT2D eigenvalue weighted by molar-refractivity contribution is 0.116. The molecule has 1 aliphatic rings. The summed E-state index contributed by atoms with van der Waals surface area (Å²) >= 11 is 4.62. The lowest BCUT2D eigenvalue weighted by Crippen LogP contribution is -2.43. The van der Waals surface area contributed by atoms with Gasteiger partial charge in [-0.15, -0.1) is 0 Å². The quantitative estimate of drug-likeness (QED) is 0.716. The second-order valence-corrected chi connectivity index (χ2v) is 7.09. The molecule has 0 N–H and O–H groups in total. The van der Waals surface area contributed by atoms with Crippen molar-refractivity contribution in [1.29, 1.82) is 0 Å². The van der Waals surface area contributed by atoms with E-state index in [-0.39, 0.29) is 0 Å². The van der Waals surface area contributed by atoms with Gasteiger partial charge in [-0.3, -0.25) is 0 Å². The number of nitrogens with zero attached hydrogens (tertiary/aromatic N) is 1. The molecule has 1 fully saturated rings. The van der Waals surface area contributed by atoms with Gasteiger partial charge in [-0.05, 0) is 67.8 Å². The van der Waals surface area contributed by atoms with Crippen molar-refractivity contribution in [2.45, 2.75) is 46.0 Å². The van der Waals surface area contributed by atoms with E-state index in [1.54, 1.807) is 0 Å². The Labute approximate surface area is 136 Å². The van der Waals surface area contributed by atoms with Crippen molar-refractivity contribution in [2.75, 3.05) is 25.4 Å². The van der Waals surface area contributed by atoms with Crippen molar-refractivity contribution in [3.05, 3.63) is 35.9 Å². The first-order chi connectivity index (χ1) is 10.2. The highest BCUT2D eigenvalue weighted by Gasteiger charge is 2.29. The maximum atomic E-state index is 4.62. The van der Waals surface area contributed by atoms with Crippen LogP contribution >= 0.6 is 12.6 Å². The molecule has 0 unspecified atom stereocenters. The lowest BCUT2D eigenvalue weighted by Gasteiger charge is -2.39. The van der Waals surface area contributed by atoms with E-state index < -0.39 is 0 Å². The third kappa shape index (κ3) is 4.75. The molecule has 1 aromatic carbocycles. The molecule has 2 rings (SSSR count). The number of thiol groups is 1. The summed E-state index contributed by atoms with van der Waals surface area (Å²) in [6.45, 7) is 8.42. The van der Waals surface area contributed by atoms with Crippen LogP contribution in [-0.2, 0) is 6.42 Å². The van der Waals surface area contributed by atoms with E-state index in [9.17, 15) is 0 Å². The fraction of sp³-hybridized carbons (Fsp3) is 0.684. The van der Waals surface area contributed by atoms with Gasteiger partial charge in [0.1, 0.15) is 0 Å². The molecule has 1 heterocycles. The minimum atomic E-state index is 0.426. The number of rotatable bonds is 7. The van der Waals surface area contributed by atoms with Crippen LogP contribution in [-0.4, -0.2) is 30.3 Å². The SMILES string of the molecule is CCC(CC)(CS)CN1CCC(Cc2ccccc2)CC1. The standard InChI is InChI=1S/C19H31NS/c1-3-19(4-2,16-21)15-20-12-10-18(11-13-20)14-17-8-6-5-7-9-17/h5-9,18,21H,3-4,10-16H2,1-2H3. The highest BCUT2D eigenvalue weighted by Crippen LogP contribution is 2.31. The van der Waals surface area contributed by atoms with Gasteiger partial charge in [-0.1, -0.05) is 44.2 Å². The topological polar surface area (TPSA) is 3.24 Å². The Morgan fingerprint density at radius 1 is 1.10 bits per heavy atom. The number of benzene rings is 1. The molecule has 21 heavy (non-hydrogen) atoms. The van der Waals surface area contributed by atoms with Crippen LogP contribution in [0.3, 0.4) is 0 Å². The fourth-order valence-corrected chi connectivity index (χ4v) is 4.06. The number of hydrogen-bond acceptors (Lipinski definition) is 2. The molecule has 2 heteroatoms. The molecule has 0 saturated carbocycles. The summed E-state index contributed by atoms with van der Waals surface area (Å²) in [5.74, 6) is 1.89. The van der Waals surface area contributed by atoms with E-state index in [4.69, 9.17) is 0 Å². The predicted molar refractivity (Wildman–Crippen MR) is 96.2 cm³/mol. The Morgan fingerprint density at radius 2 is 1.71 bits per heavy atom. The van der Waals surface area contributed by atoms with E-state index >= 15 is 0 Å². The van der Waals surface area contributed by atoms with Gasteiger partial charge in [-0.25, -0.2) is 0 Å². The van der Waals surface area contributed by atoms with Gasteiger partial charge in [0, 0.05) is 6.54 Å². The van der Waals surface area contributed by atoms with Crippen LogP contribution in [0.25, 0.3) is 0 Å². The molecule has 0 amide bonds. The molecule has 1 aromatic rings. The van der Waals surface area contributed by atoms with Crippen LogP contribution in [0.1, 0.15) is 45.1 Å². The van der Waals surface area contributed by atoms with E-state index in [1.807, 2.05) is 0 Å². The van der Waals surface area contributed by atoms with Gasteiger partial charge in [0.05, 0.1) is 0 Å². The van der Waals surface area contributed by atoms with E-state index in [1.165, 1.54) is 57.3 Å². The Bertz CT molecular complexity index is 383. The monoisotopic (exact) mass is 305 g/mol. The molecule has 0 spiro atoms. The minimum absolute atomic E-state index is 0.426. The highest BCUT2D eigenvalue weighted by molar-refractivity contribution is 7.80. The zero-order valence-corrected chi connectivity index (χ0v) is 14.6. The van der Waals surface area contributed by atoms with Gasteiger partial charge in [0.25, 0.3) is 0 Å². The molecule has 0 bridgehead atoms. The van der Waals surface area contributed by atoms with Gasteiger partial charge in [0.15, 0.2) is 0 Å². The first-order valence-electron chi connectivity index (χ1n) is 8.58. The normalized spacial score (nSPS) is 18.0. The maximum Gasteiger partial charge on any atom is 0.00456 e. The summed E-state index contributed by atoms with van der Waals surface area (Å²) in [5.41, 5.74) is 1.93. The zero-order chi connectivity index (χ0) is 15.1. The van der Waals surface area contributed by atoms with E-state index in [0.29, 0.717) is 5.41 Å². The molecule has 1 aliphatic heterocycles. The summed E-state index contributed by atoms with van der Waals surface area (Å²) in [4.78, 5) is 2.69. The third-order valence-electron chi connectivity index (χ3n) is 5.47. The summed E-state index contributed by atoms with van der Waals surface area (Å²) in [5, 5.41) is 0. The predicted octanol–water partition coefficient (Wildman–Crippen LogP) is 4.68. The average Bonchev–Trinajstić information content (AvgIpc) is 2.55. The number of hydrogen-bond donors (Lipinski definition) is 1. The Balaban J connectivity index is 1.80. The molecule has 0 radical (unpaired) electrons. The van der Waals surface area contributed by atoms with Crippen molar-refractivity contribution < 1.29 is 0 Å². The van der Waals surface area contributed by atoms with Crippen molar-refractivity contribution in [2.24, 2.45) is 11.3 Å². The molecule has 1 nitrogen and oxygen atoms in total. The minimum Gasteiger partial charge on any atom is -0.303 e. The zero-order valence-electron chi connectivity index (χ0n) is 13.7. The molecule has 0 atom stereocenters. The maximum absolute atomic E-state index is 4.62. The largest absolute Gasteiger partial charge is 0.303 e. The van der Waals surface area contributed by atoms with Crippen molar-refractivity contribution >= 4 is 12.6 Å². The number of likely N-dealkylation sites (tertiary alicyclic amines) is 1. The van der Waals surface area contributed by atoms with Crippen molar-refractivity contribution in [3.8, 4) is 0 Å². The summed E-state index contributed by atoms with van der Waals surface area (Å²) < 4.78 is 0. The second kappa shape index (κ2) is 8.24. The van der Waals surface area contributed by atoms with Crippen LogP contribution in [0.2, 0.25) is 0 Å². The van der Waals surface area contributed by atoms with Crippen LogP contribution in [0.5, 0.6) is 0 Å². The van der Waals surface area contributed by atoms with Gasteiger partial charge in [0.2, 0.25) is 0 Å². The van der Waals surface area contributed by atoms with Crippen LogP contribution < -0.4 is 0 Å². The Kier molecular flexibility index (Phi) is 6.63. The van der Waals surface area contributed by atoms with Crippen molar-refractivity contribution in [1.82, 2.24) is 4.90 Å². The van der Waals surface area contributed by atoms with E-state index in [2.05, 4.69) is 61.7 Å². The molecule has 1 saturated heterocycles. The first-order valence-corrected chi connectivity index (χ1v) is 9.21. The van der Waals surface area contributed by atoms with Crippen LogP contribution in [0.4, 0.5) is 0 Å². The molecule has 0 aromatic heterocycles. The second-order valence-electron chi connectivity index (χ2n) is 6.77. The van der Waals surface area contributed by atoms with Crippen LogP contribution in [0.15, 0.2) is 30.3 Å². The third-order valence-corrected chi connectivity index (χ3v) is 6.14. The smallest absolute Gasteiger partial charge is 0.00456 e. The van der Waals surface area contributed by atoms with Gasteiger partial charge in [-0.2, -0.15) is 12.6 Å². The van der Waals surface area contributed by atoms with E-state index in [0.717, 1.165) is 11.7 Å². The van der Waals surface area contributed by atoms with Gasteiger partial charge < -0.3 is 4.90 Å². The average molecular weight is 306 g/mol. The molecule has 0 aliphatic carbocycles.